The van der Waals surface area contributed by atoms with Gasteiger partial charge in [-0.1, -0.05) is 12.1 Å². The summed E-state index contributed by atoms with van der Waals surface area (Å²) in [6, 6.07) is 10.6. The van der Waals surface area contributed by atoms with Gasteiger partial charge >= 0.3 is 0 Å². The highest BCUT2D eigenvalue weighted by molar-refractivity contribution is 7.14. The third kappa shape index (κ3) is 4.96. The SMILES string of the molecule is COc1ccc(CCN2CCN(Cc3csc(-c4ccsc4)n3)CC2)cc1. The van der Waals surface area contributed by atoms with Gasteiger partial charge in [0.1, 0.15) is 10.8 Å². The lowest BCUT2D eigenvalue weighted by Gasteiger charge is -2.34. The van der Waals surface area contributed by atoms with Crippen LogP contribution in [0, 0.1) is 0 Å². The highest BCUT2D eigenvalue weighted by atomic mass is 32.1. The van der Waals surface area contributed by atoms with Gasteiger partial charge in [0.05, 0.1) is 12.8 Å². The number of thiophene rings is 1. The van der Waals surface area contributed by atoms with Crippen LogP contribution in [0.3, 0.4) is 0 Å². The van der Waals surface area contributed by atoms with Crippen LogP contribution in [0.2, 0.25) is 0 Å². The summed E-state index contributed by atoms with van der Waals surface area (Å²) in [7, 11) is 1.71. The van der Waals surface area contributed by atoms with Gasteiger partial charge in [0, 0.05) is 55.6 Å². The van der Waals surface area contributed by atoms with Crippen LogP contribution >= 0.6 is 22.7 Å². The van der Waals surface area contributed by atoms with Gasteiger partial charge in [-0.2, -0.15) is 11.3 Å². The van der Waals surface area contributed by atoms with Crippen LogP contribution < -0.4 is 4.74 Å². The molecule has 3 aromatic rings. The van der Waals surface area contributed by atoms with E-state index < -0.39 is 0 Å². The number of methoxy groups -OCH3 is 1. The standard InChI is InChI=1S/C21H25N3OS2/c1-25-20-4-2-17(3-5-20)6-8-23-9-11-24(12-10-23)14-19-16-27-21(22-19)18-7-13-26-15-18/h2-5,7,13,15-16H,6,8-12,14H2,1H3. The number of nitrogens with zero attached hydrogens (tertiary/aromatic N) is 3. The van der Waals surface area contributed by atoms with Gasteiger partial charge in [-0.15, -0.1) is 11.3 Å². The Morgan fingerprint density at radius 2 is 1.78 bits per heavy atom. The molecule has 4 nitrogen and oxygen atoms in total. The van der Waals surface area contributed by atoms with Crippen LogP contribution in [0.15, 0.2) is 46.5 Å². The maximum atomic E-state index is 5.23. The Hall–Kier alpha value is -1.73. The zero-order valence-corrected chi connectivity index (χ0v) is 17.3. The van der Waals surface area contributed by atoms with E-state index in [9.17, 15) is 0 Å². The van der Waals surface area contributed by atoms with E-state index in [2.05, 4.69) is 44.1 Å². The highest BCUT2D eigenvalue weighted by Crippen LogP contribution is 2.26. The molecule has 0 bridgehead atoms. The average molecular weight is 400 g/mol. The van der Waals surface area contributed by atoms with Crippen molar-refractivity contribution in [2.75, 3.05) is 39.8 Å². The van der Waals surface area contributed by atoms with Crippen LogP contribution in [0.5, 0.6) is 5.75 Å². The van der Waals surface area contributed by atoms with E-state index in [-0.39, 0.29) is 0 Å². The lowest BCUT2D eigenvalue weighted by atomic mass is 10.1. The summed E-state index contributed by atoms with van der Waals surface area (Å²) in [5.41, 5.74) is 3.83. The van der Waals surface area contributed by atoms with Gasteiger partial charge in [-0.25, -0.2) is 4.98 Å². The van der Waals surface area contributed by atoms with Crippen LogP contribution in [-0.4, -0.2) is 54.6 Å². The van der Waals surface area contributed by atoms with Gasteiger partial charge in [0.15, 0.2) is 0 Å². The molecule has 1 saturated heterocycles. The van der Waals surface area contributed by atoms with E-state index in [4.69, 9.17) is 9.72 Å². The van der Waals surface area contributed by atoms with Gasteiger partial charge in [0.2, 0.25) is 0 Å². The first-order chi connectivity index (χ1) is 13.3. The summed E-state index contributed by atoms with van der Waals surface area (Å²) in [6.45, 7) is 6.60. The molecule has 0 saturated carbocycles. The summed E-state index contributed by atoms with van der Waals surface area (Å²) < 4.78 is 5.23. The largest absolute Gasteiger partial charge is 0.497 e. The molecule has 0 N–H and O–H groups in total. The topological polar surface area (TPSA) is 28.6 Å². The van der Waals surface area contributed by atoms with Gasteiger partial charge < -0.3 is 9.64 Å². The molecule has 3 heterocycles. The van der Waals surface area contributed by atoms with Crippen molar-refractivity contribution in [3.05, 3.63) is 57.7 Å². The zero-order chi connectivity index (χ0) is 18.5. The van der Waals surface area contributed by atoms with Crippen molar-refractivity contribution in [2.24, 2.45) is 0 Å². The molecular formula is C21H25N3OS2. The summed E-state index contributed by atoms with van der Waals surface area (Å²) in [4.78, 5) is 9.91. The first-order valence-corrected chi connectivity index (χ1v) is 11.2. The van der Waals surface area contributed by atoms with Crippen molar-refractivity contribution < 1.29 is 4.74 Å². The van der Waals surface area contributed by atoms with Crippen molar-refractivity contribution in [3.8, 4) is 16.3 Å². The zero-order valence-electron chi connectivity index (χ0n) is 15.6. The fourth-order valence-electron chi connectivity index (χ4n) is 3.38. The number of benzene rings is 1. The quantitative estimate of drug-likeness (QED) is 0.594. The Bertz CT molecular complexity index is 822. The highest BCUT2D eigenvalue weighted by Gasteiger charge is 2.18. The Labute approximate surface area is 169 Å². The molecule has 0 atom stereocenters. The van der Waals surface area contributed by atoms with E-state index in [1.54, 1.807) is 29.8 Å². The maximum Gasteiger partial charge on any atom is 0.124 e. The molecule has 0 radical (unpaired) electrons. The van der Waals surface area contributed by atoms with Crippen molar-refractivity contribution in [3.63, 3.8) is 0 Å². The lowest BCUT2D eigenvalue weighted by molar-refractivity contribution is 0.127. The predicted octanol–water partition coefficient (Wildman–Crippen LogP) is 4.24. The Morgan fingerprint density at radius 1 is 1.00 bits per heavy atom. The number of ether oxygens (including phenoxy) is 1. The lowest BCUT2D eigenvalue weighted by Crippen LogP contribution is -2.46. The molecule has 1 aromatic carbocycles. The Morgan fingerprint density at radius 3 is 2.48 bits per heavy atom. The number of rotatable bonds is 7. The summed E-state index contributed by atoms with van der Waals surface area (Å²) in [5.74, 6) is 0.927. The fourth-order valence-corrected chi connectivity index (χ4v) is 4.90. The van der Waals surface area contributed by atoms with Crippen molar-refractivity contribution >= 4 is 22.7 Å². The molecular weight excluding hydrogens is 374 g/mol. The third-order valence-corrected chi connectivity index (χ3v) is 6.67. The number of hydrogen-bond acceptors (Lipinski definition) is 6. The fraction of sp³-hybridized carbons (Fsp3) is 0.381. The number of piperazine rings is 1. The van der Waals surface area contributed by atoms with Crippen LogP contribution in [0.25, 0.3) is 10.6 Å². The molecule has 0 amide bonds. The van der Waals surface area contributed by atoms with E-state index in [0.29, 0.717) is 0 Å². The van der Waals surface area contributed by atoms with Crippen LogP contribution in [-0.2, 0) is 13.0 Å². The molecule has 0 aliphatic carbocycles. The number of hydrogen-bond donors (Lipinski definition) is 0. The van der Waals surface area contributed by atoms with Crippen LogP contribution in [0.4, 0.5) is 0 Å². The van der Waals surface area contributed by atoms with E-state index in [1.807, 2.05) is 12.1 Å². The summed E-state index contributed by atoms with van der Waals surface area (Å²) >= 11 is 3.48. The van der Waals surface area contributed by atoms with Gasteiger partial charge in [-0.05, 0) is 35.6 Å². The second-order valence-corrected chi connectivity index (χ2v) is 8.51. The molecule has 6 heteroatoms. The van der Waals surface area contributed by atoms with E-state index in [1.165, 1.54) is 16.8 Å². The maximum absolute atomic E-state index is 5.23. The molecule has 0 spiro atoms. The number of thiazole rings is 1. The third-order valence-electron chi connectivity index (χ3n) is 5.05. The molecule has 4 rings (SSSR count). The minimum Gasteiger partial charge on any atom is -0.497 e. The van der Waals surface area contributed by atoms with Gasteiger partial charge in [-0.3, -0.25) is 4.90 Å². The minimum atomic E-state index is 0.927. The van der Waals surface area contributed by atoms with E-state index >= 15 is 0 Å². The second-order valence-electron chi connectivity index (χ2n) is 6.87. The first-order valence-electron chi connectivity index (χ1n) is 9.35. The summed E-state index contributed by atoms with van der Waals surface area (Å²) in [6.07, 6.45) is 1.10. The molecule has 27 heavy (non-hydrogen) atoms. The van der Waals surface area contributed by atoms with Gasteiger partial charge in [0.25, 0.3) is 0 Å². The molecule has 1 aliphatic rings. The Balaban J connectivity index is 1.22. The van der Waals surface area contributed by atoms with E-state index in [0.717, 1.165) is 56.4 Å². The molecule has 142 valence electrons. The summed E-state index contributed by atoms with van der Waals surface area (Å²) in [5, 5.41) is 7.64. The molecule has 1 fully saturated rings. The second kappa shape index (κ2) is 8.97. The normalized spacial score (nSPS) is 15.9. The smallest absolute Gasteiger partial charge is 0.124 e. The van der Waals surface area contributed by atoms with Crippen molar-refractivity contribution in [1.29, 1.82) is 0 Å². The molecule has 2 aromatic heterocycles. The minimum absolute atomic E-state index is 0.927. The Kier molecular flexibility index (Phi) is 6.19. The van der Waals surface area contributed by atoms with Crippen molar-refractivity contribution in [2.45, 2.75) is 13.0 Å². The monoisotopic (exact) mass is 399 g/mol. The predicted molar refractivity (Wildman–Crippen MR) is 114 cm³/mol. The van der Waals surface area contributed by atoms with Crippen molar-refractivity contribution in [1.82, 2.24) is 14.8 Å². The van der Waals surface area contributed by atoms with Crippen LogP contribution in [0.1, 0.15) is 11.3 Å². The molecule has 1 aliphatic heterocycles. The average Bonchev–Trinajstić information content (AvgIpc) is 3.40. The number of aromatic nitrogens is 1. The molecule has 0 unspecified atom stereocenters. The first kappa shape index (κ1) is 18.6.